The molecule has 22 heavy (non-hydrogen) atoms. The van der Waals surface area contributed by atoms with Crippen LogP contribution in [0.5, 0.6) is 5.75 Å². The summed E-state index contributed by atoms with van der Waals surface area (Å²) in [5, 5.41) is 7.73. The van der Waals surface area contributed by atoms with Gasteiger partial charge in [-0.05, 0) is 31.0 Å². The third-order valence-electron chi connectivity index (χ3n) is 3.88. The fraction of sp³-hybridized carbons (Fsp3) is 0.429. The molecule has 0 amide bonds. The first-order valence-electron chi connectivity index (χ1n) is 7.03. The van der Waals surface area contributed by atoms with Gasteiger partial charge in [0.1, 0.15) is 10.6 Å². The van der Waals surface area contributed by atoms with Crippen LogP contribution in [-0.4, -0.2) is 47.9 Å². The van der Waals surface area contributed by atoms with Crippen molar-refractivity contribution in [2.45, 2.75) is 24.3 Å². The van der Waals surface area contributed by atoms with Crippen molar-refractivity contribution in [3.8, 4) is 5.75 Å². The summed E-state index contributed by atoms with van der Waals surface area (Å²) >= 11 is 0. The Morgan fingerprint density at radius 2 is 2.18 bits per heavy atom. The van der Waals surface area contributed by atoms with E-state index in [1.165, 1.54) is 11.4 Å². The Kier molecular flexibility index (Phi) is 3.88. The van der Waals surface area contributed by atoms with Crippen LogP contribution >= 0.6 is 0 Å². The van der Waals surface area contributed by atoms with Crippen LogP contribution in [0.4, 0.5) is 0 Å². The van der Waals surface area contributed by atoms with Gasteiger partial charge in [0, 0.05) is 19.3 Å². The van der Waals surface area contributed by atoms with E-state index in [2.05, 4.69) is 10.3 Å². The molecule has 0 bridgehead atoms. The molecule has 0 aliphatic carbocycles. The van der Waals surface area contributed by atoms with Crippen molar-refractivity contribution in [3.05, 3.63) is 36.2 Å². The molecule has 0 unspecified atom stereocenters. The van der Waals surface area contributed by atoms with Gasteiger partial charge in [-0.1, -0.05) is 11.3 Å². The highest BCUT2D eigenvalue weighted by atomic mass is 32.2. The maximum Gasteiger partial charge on any atom is 0.246 e. The number of hydrogen-bond donors (Lipinski definition) is 0. The minimum atomic E-state index is -3.58. The summed E-state index contributed by atoms with van der Waals surface area (Å²) in [6, 6.07) is 5.19. The highest BCUT2D eigenvalue weighted by molar-refractivity contribution is 7.89. The highest BCUT2D eigenvalue weighted by Crippen LogP contribution is 2.32. The number of nitrogens with zero attached hydrogens (tertiary/aromatic N) is 4. The van der Waals surface area contributed by atoms with Crippen LogP contribution in [0.2, 0.25) is 0 Å². The largest absolute Gasteiger partial charge is 0.495 e. The molecule has 2 aromatic rings. The van der Waals surface area contributed by atoms with Crippen LogP contribution in [0.1, 0.15) is 18.0 Å². The van der Waals surface area contributed by atoms with E-state index in [9.17, 15) is 8.42 Å². The molecule has 1 aromatic heterocycles. The van der Waals surface area contributed by atoms with Gasteiger partial charge in [0.2, 0.25) is 10.0 Å². The fourth-order valence-corrected chi connectivity index (χ4v) is 4.41. The Labute approximate surface area is 129 Å². The van der Waals surface area contributed by atoms with Gasteiger partial charge in [0.05, 0.1) is 19.3 Å². The van der Waals surface area contributed by atoms with E-state index in [1.807, 2.05) is 13.0 Å². The molecule has 118 valence electrons. The second-order valence-electron chi connectivity index (χ2n) is 5.34. The lowest BCUT2D eigenvalue weighted by Gasteiger charge is -2.18. The summed E-state index contributed by atoms with van der Waals surface area (Å²) < 4.78 is 34.2. The number of benzene rings is 1. The molecule has 0 saturated carbocycles. The Morgan fingerprint density at radius 1 is 1.36 bits per heavy atom. The van der Waals surface area contributed by atoms with Crippen molar-refractivity contribution in [1.29, 1.82) is 0 Å². The second kappa shape index (κ2) is 5.69. The average molecular weight is 322 g/mol. The van der Waals surface area contributed by atoms with Gasteiger partial charge in [0.25, 0.3) is 0 Å². The summed E-state index contributed by atoms with van der Waals surface area (Å²) in [7, 11) is -2.10. The molecule has 2 heterocycles. The van der Waals surface area contributed by atoms with E-state index >= 15 is 0 Å². The number of ether oxygens (including phenoxy) is 1. The van der Waals surface area contributed by atoms with Crippen LogP contribution in [-0.2, 0) is 10.0 Å². The summed E-state index contributed by atoms with van der Waals surface area (Å²) in [4.78, 5) is 0.217. The Morgan fingerprint density at radius 3 is 2.86 bits per heavy atom. The van der Waals surface area contributed by atoms with Crippen LogP contribution in [0.15, 0.2) is 35.5 Å². The van der Waals surface area contributed by atoms with Gasteiger partial charge < -0.3 is 4.74 Å². The van der Waals surface area contributed by atoms with E-state index in [0.29, 0.717) is 18.8 Å². The molecule has 1 saturated heterocycles. The van der Waals surface area contributed by atoms with Gasteiger partial charge in [0.15, 0.2) is 0 Å². The molecule has 8 heteroatoms. The van der Waals surface area contributed by atoms with E-state index < -0.39 is 10.0 Å². The number of methoxy groups -OCH3 is 1. The van der Waals surface area contributed by atoms with Gasteiger partial charge in [-0.25, -0.2) is 13.1 Å². The SMILES string of the molecule is COc1ccc(C)cc1S(=O)(=O)N1CC[C@H](n2ccnn2)C1. The lowest BCUT2D eigenvalue weighted by molar-refractivity contribution is 0.395. The van der Waals surface area contributed by atoms with Crippen molar-refractivity contribution < 1.29 is 13.2 Å². The van der Waals surface area contributed by atoms with Crippen LogP contribution in [0.3, 0.4) is 0 Å². The Balaban J connectivity index is 1.90. The van der Waals surface area contributed by atoms with Crippen molar-refractivity contribution in [3.63, 3.8) is 0 Å². The Hall–Kier alpha value is -1.93. The first kappa shape index (κ1) is 15.0. The maximum absolute atomic E-state index is 12.9. The number of aromatic nitrogens is 3. The molecule has 3 rings (SSSR count). The summed E-state index contributed by atoms with van der Waals surface area (Å²) in [6.45, 7) is 2.72. The zero-order valence-corrected chi connectivity index (χ0v) is 13.3. The van der Waals surface area contributed by atoms with Gasteiger partial charge in [-0.3, -0.25) is 0 Å². The minimum absolute atomic E-state index is 0.0214. The first-order chi connectivity index (χ1) is 10.5. The minimum Gasteiger partial charge on any atom is -0.495 e. The second-order valence-corrected chi connectivity index (χ2v) is 7.25. The third kappa shape index (κ3) is 2.59. The number of rotatable bonds is 4. The topological polar surface area (TPSA) is 77.3 Å². The quantitative estimate of drug-likeness (QED) is 0.846. The molecule has 0 N–H and O–H groups in total. The van der Waals surface area contributed by atoms with Crippen molar-refractivity contribution in [2.75, 3.05) is 20.2 Å². The number of hydrogen-bond acceptors (Lipinski definition) is 5. The average Bonchev–Trinajstić information content (AvgIpc) is 3.18. The number of aryl methyl sites for hydroxylation is 1. The first-order valence-corrected chi connectivity index (χ1v) is 8.47. The van der Waals surface area contributed by atoms with E-state index in [1.54, 1.807) is 29.2 Å². The monoisotopic (exact) mass is 322 g/mol. The summed E-state index contributed by atoms with van der Waals surface area (Å²) in [6.07, 6.45) is 4.07. The lowest BCUT2D eigenvalue weighted by atomic mass is 10.2. The van der Waals surface area contributed by atoms with Crippen molar-refractivity contribution in [2.24, 2.45) is 0 Å². The molecule has 1 atom stereocenters. The smallest absolute Gasteiger partial charge is 0.246 e. The van der Waals surface area contributed by atoms with Crippen LogP contribution in [0.25, 0.3) is 0 Å². The van der Waals surface area contributed by atoms with Gasteiger partial charge in [-0.2, -0.15) is 4.31 Å². The zero-order chi connectivity index (χ0) is 15.7. The standard InChI is InChI=1S/C14H18N4O3S/c1-11-3-4-13(21-2)14(9-11)22(19,20)17-7-5-12(10-17)18-8-6-15-16-18/h3-4,6,8-9,12H,5,7,10H2,1-2H3/t12-/m0/s1. The highest BCUT2D eigenvalue weighted by Gasteiger charge is 2.35. The maximum atomic E-state index is 12.9. The predicted octanol–water partition coefficient (Wildman–Crippen LogP) is 1.23. The summed E-state index contributed by atoms with van der Waals surface area (Å²) in [5.74, 6) is 0.370. The van der Waals surface area contributed by atoms with Crippen molar-refractivity contribution in [1.82, 2.24) is 19.3 Å². The van der Waals surface area contributed by atoms with E-state index in [4.69, 9.17) is 4.74 Å². The normalized spacial score (nSPS) is 19.5. The molecular weight excluding hydrogens is 304 g/mol. The lowest BCUT2D eigenvalue weighted by Crippen LogP contribution is -2.29. The van der Waals surface area contributed by atoms with E-state index in [0.717, 1.165) is 12.0 Å². The predicted molar refractivity (Wildman–Crippen MR) is 80.2 cm³/mol. The summed E-state index contributed by atoms with van der Waals surface area (Å²) in [5.41, 5.74) is 0.881. The fourth-order valence-electron chi connectivity index (χ4n) is 2.68. The Bertz CT molecular complexity index is 758. The molecule has 1 fully saturated rings. The molecule has 1 aliphatic rings. The molecule has 1 aromatic carbocycles. The molecule has 0 radical (unpaired) electrons. The number of sulfonamides is 1. The van der Waals surface area contributed by atoms with Crippen molar-refractivity contribution >= 4 is 10.0 Å². The molecule has 1 aliphatic heterocycles. The van der Waals surface area contributed by atoms with Crippen LogP contribution < -0.4 is 4.74 Å². The molecule has 0 spiro atoms. The van der Waals surface area contributed by atoms with Crippen LogP contribution in [0, 0.1) is 6.92 Å². The van der Waals surface area contributed by atoms with Gasteiger partial charge >= 0.3 is 0 Å². The zero-order valence-electron chi connectivity index (χ0n) is 12.5. The molecule has 7 nitrogen and oxygen atoms in total. The third-order valence-corrected chi connectivity index (χ3v) is 5.76. The van der Waals surface area contributed by atoms with E-state index in [-0.39, 0.29) is 10.9 Å². The van der Waals surface area contributed by atoms with Gasteiger partial charge in [-0.15, -0.1) is 5.10 Å². The molecular formula is C14H18N4O3S.